The van der Waals surface area contributed by atoms with Crippen LogP contribution in [-0.4, -0.2) is 49.7 Å². The minimum atomic E-state index is -0.795. The van der Waals surface area contributed by atoms with Crippen LogP contribution in [0, 0.1) is 11.6 Å². The number of para-hydroxylation sites is 1. The van der Waals surface area contributed by atoms with Gasteiger partial charge in [-0.25, -0.2) is 8.78 Å². The van der Waals surface area contributed by atoms with Crippen LogP contribution >= 0.6 is 24.0 Å². The molecule has 2 aliphatic rings. The fourth-order valence-corrected chi connectivity index (χ4v) is 4.45. The van der Waals surface area contributed by atoms with Crippen LogP contribution in [0.15, 0.2) is 47.5 Å². The van der Waals surface area contributed by atoms with Gasteiger partial charge in [-0.2, -0.15) is 0 Å². The topological polar surface area (TPSA) is 48.9 Å². The molecule has 0 spiro atoms. The molecule has 1 saturated heterocycles. The van der Waals surface area contributed by atoms with Crippen LogP contribution < -0.4 is 15.4 Å². The summed E-state index contributed by atoms with van der Waals surface area (Å²) in [5.74, 6) is 0.628. The molecule has 0 saturated carbocycles. The quantitative estimate of drug-likeness (QED) is 0.301. The van der Waals surface area contributed by atoms with Crippen molar-refractivity contribution in [3.05, 3.63) is 65.2 Å². The van der Waals surface area contributed by atoms with E-state index >= 15 is 0 Å². The number of hydrogen-bond donors (Lipinski definition) is 2. The largest absolute Gasteiger partial charge is 0.493 e. The van der Waals surface area contributed by atoms with Gasteiger partial charge in [0.25, 0.3) is 0 Å². The molecular formula is C25H33F2IN4O. The molecule has 1 unspecified atom stereocenters. The molecule has 33 heavy (non-hydrogen) atoms. The average molecular weight is 570 g/mol. The van der Waals surface area contributed by atoms with Gasteiger partial charge in [0.2, 0.25) is 0 Å². The van der Waals surface area contributed by atoms with E-state index in [1.807, 2.05) is 12.1 Å². The third kappa shape index (κ3) is 7.02. The number of likely N-dealkylation sites (tertiary alicyclic amines) is 1. The summed E-state index contributed by atoms with van der Waals surface area (Å²) in [6.07, 6.45) is 2.94. The Balaban J connectivity index is 0.00000306. The zero-order valence-electron chi connectivity index (χ0n) is 19.0. The van der Waals surface area contributed by atoms with Gasteiger partial charge in [0, 0.05) is 44.7 Å². The Labute approximate surface area is 212 Å². The molecule has 8 heteroatoms. The Bertz CT molecular complexity index is 934. The molecule has 2 aliphatic heterocycles. The molecule has 2 aromatic carbocycles. The van der Waals surface area contributed by atoms with Gasteiger partial charge in [-0.05, 0) is 55.5 Å². The summed E-state index contributed by atoms with van der Waals surface area (Å²) in [4.78, 5) is 7.17. The van der Waals surface area contributed by atoms with Crippen molar-refractivity contribution in [3.63, 3.8) is 0 Å². The van der Waals surface area contributed by atoms with E-state index in [9.17, 15) is 8.78 Å². The van der Waals surface area contributed by atoms with E-state index in [0.29, 0.717) is 18.5 Å². The molecule has 2 aromatic rings. The maximum absolute atomic E-state index is 13.5. The van der Waals surface area contributed by atoms with Crippen LogP contribution in [0.4, 0.5) is 8.78 Å². The van der Waals surface area contributed by atoms with E-state index in [1.165, 1.54) is 17.7 Å². The van der Waals surface area contributed by atoms with Crippen LogP contribution in [-0.2, 0) is 6.54 Å². The molecule has 0 amide bonds. The molecule has 0 radical (unpaired) electrons. The number of fused-ring (bicyclic) bond motifs is 1. The number of guanidine groups is 1. The number of benzene rings is 2. The van der Waals surface area contributed by atoms with E-state index < -0.39 is 11.6 Å². The van der Waals surface area contributed by atoms with E-state index in [1.54, 1.807) is 6.07 Å². The summed E-state index contributed by atoms with van der Waals surface area (Å²) < 4.78 is 32.4. The predicted octanol–water partition coefficient (Wildman–Crippen LogP) is 4.67. The Kier molecular flexibility index (Phi) is 9.73. The summed E-state index contributed by atoms with van der Waals surface area (Å²) in [5.41, 5.74) is 2.05. The highest BCUT2D eigenvalue weighted by atomic mass is 127. The van der Waals surface area contributed by atoms with Crippen LogP contribution in [0.5, 0.6) is 5.75 Å². The van der Waals surface area contributed by atoms with Crippen molar-refractivity contribution in [1.29, 1.82) is 0 Å². The first kappa shape index (κ1) is 25.7. The first-order chi connectivity index (χ1) is 15.6. The van der Waals surface area contributed by atoms with Gasteiger partial charge in [0.15, 0.2) is 17.6 Å². The molecule has 0 aromatic heterocycles. The first-order valence-electron chi connectivity index (χ1n) is 11.5. The van der Waals surface area contributed by atoms with Gasteiger partial charge < -0.3 is 15.4 Å². The van der Waals surface area contributed by atoms with E-state index in [2.05, 4.69) is 34.6 Å². The molecule has 2 heterocycles. The normalized spacial score (nSPS) is 19.2. The van der Waals surface area contributed by atoms with Gasteiger partial charge in [-0.1, -0.05) is 24.3 Å². The Morgan fingerprint density at radius 2 is 1.88 bits per heavy atom. The Hall–Kier alpha value is -1.94. The summed E-state index contributed by atoms with van der Waals surface area (Å²) in [7, 11) is 0. The second kappa shape index (κ2) is 12.5. The molecule has 0 aliphatic carbocycles. The third-order valence-corrected chi connectivity index (χ3v) is 6.22. The van der Waals surface area contributed by atoms with Crippen LogP contribution in [0.1, 0.15) is 43.2 Å². The fourth-order valence-electron chi connectivity index (χ4n) is 4.45. The number of nitrogens with zero attached hydrogens (tertiary/aromatic N) is 2. The van der Waals surface area contributed by atoms with Gasteiger partial charge >= 0.3 is 0 Å². The lowest BCUT2D eigenvalue weighted by Gasteiger charge is -2.33. The minimum absolute atomic E-state index is 0. The number of piperidine rings is 1. The lowest BCUT2D eigenvalue weighted by Crippen LogP contribution is -2.48. The summed E-state index contributed by atoms with van der Waals surface area (Å²) in [5, 5.41) is 6.97. The van der Waals surface area contributed by atoms with Crippen LogP contribution in [0.25, 0.3) is 0 Å². The van der Waals surface area contributed by atoms with Crippen molar-refractivity contribution in [2.24, 2.45) is 4.99 Å². The maximum atomic E-state index is 13.5. The standard InChI is InChI=1S/C25H32F2N4O.HI/c1-2-28-25(29-16-19-11-14-32-24-6-4-3-5-21(19)24)30-20-9-12-31(13-10-20)17-18-7-8-22(26)23(27)15-18;/h3-8,15,19-20H,2,9-14,16-17H2,1H3,(H2,28,29,30);1H. The van der Waals surface area contributed by atoms with E-state index in [-0.39, 0.29) is 24.0 Å². The molecule has 5 nitrogen and oxygen atoms in total. The second-order valence-electron chi connectivity index (χ2n) is 8.53. The van der Waals surface area contributed by atoms with Gasteiger partial charge in [0.1, 0.15) is 5.75 Å². The molecule has 0 bridgehead atoms. The zero-order valence-corrected chi connectivity index (χ0v) is 21.4. The van der Waals surface area contributed by atoms with Gasteiger partial charge in [0.05, 0.1) is 6.61 Å². The monoisotopic (exact) mass is 570 g/mol. The average Bonchev–Trinajstić information content (AvgIpc) is 2.81. The molecule has 1 atom stereocenters. The van der Waals surface area contributed by atoms with Gasteiger partial charge in [-0.3, -0.25) is 9.89 Å². The molecular weight excluding hydrogens is 537 g/mol. The third-order valence-electron chi connectivity index (χ3n) is 6.22. The molecule has 2 N–H and O–H groups in total. The van der Waals surface area contributed by atoms with Crippen LogP contribution in [0.3, 0.4) is 0 Å². The van der Waals surface area contributed by atoms with E-state index in [4.69, 9.17) is 9.73 Å². The van der Waals surface area contributed by atoms with Crippen molar-refractivity contribution in [2.75, 3.05) is 32.8 Å². The zero-order chi connectivity index (χ0) is 22.3. The predicted molar refractivity (Wildman–Crippen MR) is 138 cm³/mol. The summed E-state index contributed by atoms with van der Waals surface area (Å²) >= 11 is 0. The van der Waals surface area contributed by atoms with Crippen molar-refractivity contribution in [2.45, 2.75) is 44.7 Å². The fraction of sp³-hybridized carbons (Fsp3) is 0.480. The smallest absolute Gasteiger partial charge is 0.191 e. The highest BCUT2D eigenvalue weighted by molar-refractivity contribution is 14.0. The number of nitrogens with one attached hydrogen (secondary N) is 2. The lowest BCUT2D eigenvalue weighted by molar-refractivity contribution is 0.198. The number of ether oxygens (including phenoxy) is 1. The first-order valence-corrected chi connectivity index (χ1v) is 11.5. The second-order valence-corrected chi connectivity index (χ2v) is 8.53. The SMILES string of the molecule is CCNC(=NCC1CCOc2ccccc21)NC1CCN(Cc2ccc(F)c(F)c2)CC1.I. The minimum Gasteiger partial charge on any atom is -0.493 e. The lowest BCUT2D eigenvalue weighted by atomic mass is 9.93. The number of aliphatic imine (C=N–C) groups is 1. The Morgan fingerprint density at radius 3 is 2.64 bits per heavy atom. The highest BCUT2D eigenvalue weighted by Gasteiger charge is 2.23. The van der Waals surface area contributed by atoms with Crippen LogP contribution in [0.2, 0.25) is 0 Å². The Morgan fingerprint density at radius 1 is 1.09 bits per heavy atom. The van der Waals surface area contributed by atoms with Gasteiger partial charge in [-0.15, -0.1) is 24.0 Å². The highest BCUT2D eigenvalue weighted by Crippen LogP contribution is 2.33. The number of hydrogen-bond acceptors (Lipinski definition) is 3. The number of halogens is 3. The number of rotatable bonds is 6. The van der Waals surface area contributed by atoms with Crippen molar-refractivity contribution in [1.82, 2.24) is 15.5 Å². The van der Waals surface area contributed by atoms with E-state index in [0.717, 1.165) is 69.3 Å². The van der Waals surface area contributed by atoms with Crippen molar-refractivity contribution < 1.29 is 13.5 Å². The molecule has 180 valence electrons. The van der Waals surface area contributed by atoms with Crippen molar-refractivity contribution in [3.8, 4) is 5.75 Å². The molecule has 4 rings (SSSR count). The summed E-state index contributed by atoms with van der Waals surface area (Å²) in [6, 6.07) is 12.7. The molecule has 1 fully saturated rings. The summed E-state index contributed by atoms with van der Waals surface area (Å²) in [6.45, 7) is 6.80. The van der Waals surface area contributed by atoms with Crippen molar-refractivity contribution >= 4 is 29.9 Å². The maximum Gasteiger partial charge on any atom is 0.191 e.